The summed E-state index contributed by atoms with van der Waals surface area (Å²) in [5.41, 5.74) is 3.62. The van der Waals surface area contributed by atoms with Crippen LogP contribution in [-0.4, -0.2) is 9.97 Å². The molecule has 0 saturated carbocycles. The zero-order valence-corrected chi connectivity index (χ0v) is 8.14. The normalized spacial score (nSPS) is 10.7. The van der Waals surface area contributed by atoms with Crippen molar-refractivity contribution in [3.8, 4) is 11.1 Å². The Morgan fingerprint density at radius 1 is 0.933 bits per heavy atom. The molecule has 1 N–H and O–H groups in total. The van der Waals surface area contributed by atoms with Crippen molar-refractivity contribution in [3.05, 3.63) is 55.0 Å². The molecule has 0 amide bonds. The Bertz CT molecular complexity index is 582. The number of aromatic nitrogens is 2. The van der Waals surface area contributed by atoms with Crippen LogP contribution < -0.4 is 0 Å². The van der Waals surface area contributed by atoms with E-state index in [9.17, 15) is 0 Å². The van der Waals surface area contributed by atoms with E-state index in [1.165, 1.54) is 22.0 Å². The summed E-state index contributed by atoms with van der Waals surface area (Å²) in [6.07, 6.45) is 5.61. The lowest BCUT2D eigenvalue weighted by Crippen LogP contribution is -1.79. The van der Waals surface area contributed by atoms with Crippen molar-refractivity contribution in [2.24, 2.45) is 0 Å². The molecule has 0 aliphatic carbocycles. The molecule has 2 nitrogen and oxygen atoms in total. The van der Waals surface area contributed by atoms with E-state index in [1.54, 1.807) is 0 Å². The topological polar surface area (TPSA) is 28.7 Å². The van der Waals surface area contributed by atoms with Gasteiger partial charge in [0.25, 0.3) is 0 Å². The number of pyridine rings is 1. The van der Waals surface area contributed by atoms with Crippen LogP contribution >= 0.6 is 0 Å². The van der Waals surface area contributed by atoms with Gasteiger partial charge in [0.2, 0.25) is 0 Å². The molecule has 3 rings (SSSR count). The fourth-order valence-corrected chi connectivity index (χ4v) is 1.87. The first-order valence-corrected chi connectivity index (χ1v) is 4.92. The van der Waals surface area contributed by atoms with Gasteiger partial charge in [-0.3, -0.25) is 4.98 Å². The maximum Gasteiger partial charge on any atom is 0.0460 e. The number of aromatic amines is 1. The lowest BCUT2D eigenvalue weighted by Gasteiger charge is -2.02. The Balaban J connectivity index is 2.31. The largest absolute Gasteiger partial charge is 0.361 e. The number of fused-ring (bicyclic) bond motifs is 1. The molecule has 2 aromatic heterocycles. The molecule has 0 saturated heterocycles. The summed E-state index contributed by atoms with van der Waals surface area (Å²) in [7, 11) is 0. The van der Waals surface area contributed by atoms with Crippen LogP contribution in [0, 0.1) is 0 Å². The first-order valence-electron chi connectivity index (χ1n) is 4.92. The molecule has 0 atom stereocenters. The second-order valence-electron chi connectivity index (χ2n) is 3.48. The maximum absolute atomic E-state index is 4.03. The smallest absolute Gasteiger partial charge is 0.0460 e. The van der Waals surface area contributed by atoms with Gasteiger partial charge in [-0.05, 0) is 35.4 Å². The predicted molar refractivity (Wildman–Crippen MR) is 61.5 cm³/mol. The summed E-state index contributed by atoms with van der Waals surface area (Å²) in [6, 6.07) is 12.4. The molecule has 0 unspecified atom stereocenters. The predicted octanol–water partition coefficient (Wildman–Crippen LogP) is 3.23. The van der Waals surface area contributed by atoms with Crippen LogP contribution in [0.25, 0.3) is 22.0 Å². The average molecular weight is 194 g/mol. The molecule has 72 valence electrons. The molecule has 1 aromatic carbocycles. The highest BCUT2D eigenvalue weighted by Crippen LogP contribution is 2.27. The molecule has 2 heterocycles. The van der Waals surface area contributed by atoms with Gasteiger partial charge < -0.3 is 4.98 Å². The Morgan fingerprint density at radius 2 is 1.80 bits per heavy atom. The molecular weight excluding hydrogens is 184 g/mol. The van der Waals surface area contributed by atoms with Crippen molar-refractivity contribution in [3.63, 3.8) is 0 Å². The lowest BCUT2D eigenvalue weighted by molar-refractivity contribution is 1.33. The van der Waals surface area contributed by atoms with Gasteiger partial charge in [0.15, 0.2) is 0 Å². The van der Waals surface area contributed by atoms with Crippen LogP contribution in [0.2, 0.25) is 0 Å². The van der Waals surface area contributed by atoms with Crippen LogP contribution in [0.4, 0.5) is 0 Å². The monoisotopic (exact) mass is 194 g/mol. The zero-order chi connectivity index (χ0) is 10.1. The summed E-state index contributed by atoms with van der Waals surface area (Å²) in [5, 5.41) is 1.25. The Morgan fingerprint density at radius 3 is 2.67 bits per heavy atom. The standard InChI is InChI=1S/C13H10N2/c1-2-11(10-4-7-14-8-5-10)12-6-9-15-13(12)3-1/h1-9,15H. The van der Waals surface area contributed by atoms with Crippen molar-refractivity contribution >= 4 is 10.9 Å². The van der Waals surface area contributed by atoms with Crippen LogP contribution in [-0.2, 0) is 0 Å². The minimum Gasteiger partial charge on any atom is -0.361 e. The molecule has 0 spiro atoms. The highest BCUT2D eigenvalue weighted by atomic mass is 14.7. The molecule has 2 heteroatoms. The molecule has 0 radical (unpaired) electrons. The zero-order valence-electron chi connectivity index (χ0n) is 8.14. The van der Waals surface area contributed by atoms with Gasteiger partial charge in [-0.2, -0.15) is 0 Å². The third kappa shape index (κ3) is 1.31. The van der Waals surface area contributed by atoms with Gasteiger partial charge in [0.05, 0.1) is 0 Å². The number of rotatable bonds is 1. The number of H-pyrrole nitrogens is 1. The van der Waals surface area contributed by atoms with Crippen molar-refractivity contribution in [2.75, 3.05) is 0 Å². The van der Waals surface area contributed by atoms with Crippen LogP contribution in [0.1, 0.15) is 0 Å². The van der Waals surface area contributed by atoms with E-state index in [4.69, 9.17) is 0 Å². The van der Waals surface area contributed by atoms with Gasteiger partial charge in [-0.15, -0.1) is 0 Å². The van der Waals surface area contributed by atoms with Crippen molar-refractivity contribution in [1.82, 2.24) is 9.97 Å². The van der Waals surface area contributed by atoms with E-state index >= 15 is 0 Å². The molecule has 0 bridgehead atoms. The molecule has 0 fully saturated rings. The first kappa shape index (κ1) is 8.24. The van der Waals surface area contributed by atoms with E-state index in [1.807, 2.05) is 30.7 Å². The highest BCUT2D eigenvalue weighted by molar-refractivity contribution is 5.94. The molecule has 3 aromatic rings. The Kier molecular flexibility index (Phi) is 1.78. The molecule has 0 aliphatic heterocycles. The van der Waals surface area contributed by atoms with E-state index in [-0.39, 0.29) is 0 Å². The van der Waals surface area contributed by atoms with E-state index in [0.717, 1.165) is 0 Å². The first-order chi connectivity index (χ1) is 7.45. The molecule has 0 aliphatic rings. The number of hydrogen-bond acceptors (Lipinski definition) is 1. The summed E-state index contributed by atoms with van der Waals surface area (Å²) < 4.78 is 0. The summed E-state index contributed by atoms with van der Waals surface area (Å²) in [5.74, 6) is 0. The third-order valence-corrected chi connectivity index (χ3v) is 2.59. The van der Waals surface area contributed by atoms with Crippen molar-refractivity contribution in [2.45, 2.75) is 0 Å². The Hall–Kier alpha value is -2.09. The third-order valence-electron chi connectivity index (χ3n) is 2.59. The average Bonchev–Trinajstić information content (AvgIpc) is 2.78. The van der Waals surface area contributed by atoms with Gasteiger partial charge in [0, 0.05) is 29.5 Å². The van der Waals surface area contributed by atoms with Crippen molar-refractivity contribution in [1.29, 1.82) is 0 Å². The number of benzene rings is 1. The molecular formula is C13H10N2. The number of nitrogens with zero attached hydrogens (tertiary/aromatic N) is 1. The highest BCUT2D eigenvalue weighted by Gasteiger charge is 2.02. The second-order valence-corrected chi connectivity index (χ2v) is 3.48. The molecule has 15 heavy (non-hydrogen) atoms. The van der Waals surface area contributed by atoms with Crippen LogP contribution in [0.3, 0.4) is 0 Å². The Labute approximate surface area is 87.6 Å². The maximum atomic E-state index is 4.03. The van der Waals surface area contributed by atoms with Crippen LogP contribution in [0.15, 0.2) is 55.0 Å². The van der Waals surface area contributed by atoms with Crippen LogP contribution in [0.5, 0.6) is 0 Å². The van der Waals surface area contributed by atoms with Crippen molar-refractivity contribution < 1.29 is 0 Å². The van der Waals surface area contributed by atoms with Gasteiger partial charge in [-0.25, -0.2) is 0 Å². The van der Waals surface area contributed by atoms with Gasteiger partial charge in [0.1, 0.15) is 0 Å². The quantitative estimate of drug-likeness (QED) is 0.633. The minimum absolute atomic E-state index is 1.17. The van der Waals surface area contributed by atoms with Gasteiger partial charge >= 0.3 is 0 Å². The second kappa shape index (κ2) is 3.24. The minimum atomic E-state index is 1.17. The summed E-state index contributed by atoms with van der Waals surface area (Å²) in [4.78, 5) is 7.24. The number of hydrogen-bond donors (Lipinski definition) is 1. The van der Waals surface area contributed by atoms with E-state index in [2.05, 4.69) is 34.2 Å². The lowest BCUT2D eigenvalue weighted by atomic mass is 10.0. The fraction of sp³-hybridized carbons (Fsp3) is 0. The van der Waals surface area contributed by atoms with E-state index < -0.39 is 0 Å². The summed E-state index contributed by atoms with van der Waals surface area (Å²) in [6.45, 7) is 0. The SMILES string of the molecule is c1cc(-c2ccncc2)c2cc[nH]c2c1. The fourth-order valence-electron chi connectivity index (χ4n) is 1.87. The van der Waals surface area contributed by atoms with E-state index in [0.29, 0.717) is 0 Å². The van der Waals surface area contributed by atoms with Gasteiger partial charge in [-0.1, -0.05) is 12.1 Å². The number of nitrogens with one attached hydrogen (secondary N) is 1. The summed E-state index contributed by atoms with van der Waals surface area (Å²) >= 11 is 0.